The van der Waals surface area contributed by atoms with E-state index in [-0.39, 0.29) is 5.91 Å². The molecule has 3 aromatic carbocycles. The van der Waals surface area contributed by atoms with Crippen LogP contribution in [-0.4, -0.2) is 25.2 Å². The van der Waals surface area contributed by atoms with Gasteiger partial charge in [0.05, 0.1) is 5.69 Å². The lowest BCUT2D eigenvalue weighted by molar-refractivity contribution is -0.122. The maximum atomic E-state index is 12.7. The number of carbonyl (C=O) groups is 1. The van der Waals surface area contributed by atoms with Gasteiger partial charge >= 0.3 is 0 Å². The highest BCUT2D eigenvalue weighted by Gasteiger charge is 2.17. The molecule has 1 N–H and O–H groups in total. The summed E-state index contributed by atoms with van der Waals surface area (Å²) in [6.07, 6.45) is -0.653. The Morgan fingerprint density at radius 2 is 1.57 bits per heavy atom. The van der Waals surface area contributed by atoms with E-state index in [1.807, 2.05) is 80.6 Å². The summed E-state index contributed by atoms with van der Waals surface area (Å²) < 4.78 is 17.3. The summed E-state index contributed by atoms with van der Waals surface area (Å²) in [6, 6.07) is 22.8. The first-order chi connectivity index (χ1) is 14.5. The second-order valence-corrected chi connectivity index (χ2v) is 7.02. The molecular formula is C25H27NO4. The van der Waals surface area contributed by atoms with Gasteiger partial charge in [-0.1, -0.05) is 42.5 Å². The van der Waals surface area contributed by atoms with Crippen LogP contribution in [0, 0.1) is 13.8 Å². The zero-order chi connectivity index (χ0) is 21.3. The fourth-order valence-corrected chi connectivity index (χ4v) is 2.84. The molecule has 0 bridgehead atoms. The van der Waals surface area contributed by atoms with Crippen molar-refractivity contribution in [3.05, 3.63) is 83.9 Å². The Kier molecular flexibility index (Phi) is 7.33. The maximum Gasteiger partial charge on any atom is 0.265 e. The van der Waals surface area contributed by atoms with Crippen LogP contribution >= 0.6 is 0 Å². The summed E-state index contributed by atoms with van der Waals surface area (Å²) in [5, 5.41) is 2.89. The zero-order valence-corrected chi connectivity index (χ0v) is 17.6. The molecule has 0 aliphatic carbocycles. The molecule has 3 rings (SSSR count). The van der Waals surface area contributed by atoms with Crippen molar-refractivity contribution in [3.63, 3.8) is 0 Å². The lowest BCUT2D eigenvalue weighted by Gasteiger charge is -2.18. The van der Waals surface area contributed by atoms with Crippen LogP contribution in [0.15, 0.2) is 72.8 Å². The van der Waals surface area contributed by atoms with Crippen molar-refractivity contribution in [2.75, 3.05) is 18.5 Å². The van der Waals surface area contributed by atoms with E-state index >= 15 is 0 Å². The molecule has 3 aromatic rings. The molecular weight excluding hydrogens is 378 g/mol. The van der Waals surface area contributed by atoms with Crippen LogP contribution in [0.25, 0.3) is 0 Å². The van der Waals surface area contributed by atoms with E-state index in [0.29, 0.717) is 30.4 Å². The first-order valence-corrected chi connectivity index (χ1v) is 9.97. The molecule has 1 atom stereocenters. The topological polar surface area (TPSA) is 56.8 Å². The smallest absolute Gasteiger partial charge is 0.265 e. The Bertz CT molecular complexity index is 972. The number of ether oxygens (including phenoxy) is 3. The van der Waals surface area contributed by atoms with Crippen molar-refractivity contribution in [2.24, 2.45) is 0 Å². The SMILES string of the molecule is Cc1ccc(C)c(OC(C)C(=O)Nc2ccccc2OCCOc2ccccc2)c1. The van der Waals surface area contributed by atoms with Crippen molar-refractivity contribution in [3.8, 4) is 17.2 Å². The molecule has 0 radical (unpaired) electrons. The maximum absolute atomic E-state index is 12.7. The van der Waals surface area contributed by atoms with Crippen molar-refractivity contribution in [1.29, 1.82) is 0 Å². The Labute approximate surface area is 177 Å². The van der Waals surface area contributed by atoms with Gasteiger partial charge in [-0.25, -0.2) is 0 Å². The average molecular weight is 405 g/mol. The molecule has 0 heterocycles. The van der Waals surface area contributed by atoms with E-state index in [0.717, 1.165) is 16.9 Å². The third kappa shape index (κ3) is 6.01. The second-order valence-electron chi connectivity index (χ2n) is 7.02. The van der Waals surface area contributed by atoms with Crippen LogP contribution in [0.4, 0.5) is 5.69 Å². The number of rotatable bonds is 9. The third-order valence-corrected chi connectivity index (χ3v) is 4.51. The van der Waals surface area contributed by atoms with Gasteiger partial charge in [0.2, 0.25) is 0 Å². The first-order valence-electron chi connectivity index (χ1n) is 9.97. The second kappa shape index (κ2) is 10.3. The molecule has 0 saturated heterocycles. The van der Waals surface area contributed by atoms with Crippen LogP contribution in [0.3, 0.4) is 0 Å². The number of anilines is 1. The summed E-state index contributed by atoms with van der Waals surface area (Å²) in [5.74, 6) is 1.84. The standard InChI is InChI=1S/C25H27NO4/c1-18-13-14-19(2)24(17-18)30-20(3)25(27)26-22-11-7-8-12-23(22)29-16-15-28-21-9-5-4-6-10-21/h4-14,17,20H,15-16H2,1-3H3,(H,26,27). The highest BCUT2D eigenvalue weighted by Crippen LogP contribution is 2.25. The summed E-state index contributed by atoms with van der Waals surface area (Å²) >= 11 is 0. The summed E-state index contributed by atoms with van der Waals surface area (Å²) in [4.78, 5) is 12.7. The van der Waals surface area contributed by atoms with E-state index in [9.17, 15) is 4.79 Å². The number of aryl methyl sites for hydroxylation is 2. The van der Waals surface area contributed by atoms with Gasteiger partial charge < -0.3 is 19.5 Å². The van der Waals surface area contributed by atoms with E-state index in [1.54, 1.807) is 13.0 Å². The van der Waals surface area contributed by atoms with Gasteiger partial charge in [0.15, 0.2) is 6.10 Å². The van der Waals surface area contributed by atoms with Crippen LogP contribution in [0.2, 0.25) is 0 Å². The van der Waals surface area contributed by atoms with E-state index in [4.69, 9.17) is 14.2 Å². The number of hydrogen-bond acceptors (Lipinski definition) is 4. The number of para-hydroxylation sites is 3. The Morgan fingerprint density at radius 3 is 2.37 bits per heavy atom. The first kappa shape index (κ1) is 21.2. The van der Waals surface area contributed by atoms with Gasteiger partial charge in [0.1, 0.15) is 30.5 Å². The van der Waals surface area contributed by atoms with Crippen LogP contribution in [0.5, 0.6) is 17.2 Å². The van der Waals surface area contributed by atoms with Gasteiger partial charge in [0.25, 0.3) is 5.91 Å². The summed E-state index contributed by atoms with van der Waals surface area (Å²) in [6.45, 7) is 6.44. The molecule has 0 saturated carbocycles. The van der Waals surface area contributed by atoms with Gasteiger partial charge in [-0.15, -0.1) is 0 Å². The number of amides is 1. The number of carbonyl (C=O) groups excluding carboxylic acids is 1. The van der Waals surface area contributed by atoms with Gasteiger partial charge in [-0.2, -0.15) is 0 Å². The van der Waals surface area contributed by atoms with Gasteiger partial charge in [-0.3, -0.25) is 4.79 Å². The predicted molar refractivity (Wildman–Crippen MR) is 119 cm³/mol. The Hall–Kier alpha value is -3.47. The van der Waals surface area contributed by atoms with Crippen molar-refractivity contribution in [1.82, 2.24) is 0 Å². The molecule has 5 heteroatoms. The normalized spacial score (nSPS) is 11.4. The highest BCUT2D eigenvalue weighted by molar-refractivity contribution is 5.95. The molecule has 0 aliphatic rings. The number of benzene rings is 3. The monoisotopic (exact) mass is 405 g/mol. The van der Waals surface area contributed by atoms with Gasteiger partial charge in [-0.05, 0) is 62.2 Å². The van der Waals surface area contributed by atoms with E-state index in [1.165, 1.54) is 0 Å². The molecule has 30 heavy (non-hydrogen) atoms. The van der Waals surface area contributed by atoms with Crippen LogP contribution in [-0.2, 0) is 4.79 Å². The van der Waals surface area contributed by atoms with Crippen molar-refractivity contribution >= 4 is 11.6 Å². The fourth-order valence-electron chi connectivity index (χ4n) is 2.84. The Balaban J connectivity index is 1.55. The summed E-state index contributed by atoms with van der Waals surface area (Å²) in [5.41, 5.74) is 2.67. The molecule has 1 unspecified atom stereocenters. The predicted octanol–water partition coefficient (Wildman–Crippen LogP) is 5.17. The molecule has 0 spiro atoms. The minimum absolute atomic E-state index is 0.243. The lowest BCUT2D eigenvalue weighted by atomic mass is 10.1. The van der Waals surface area contributed by atoms with Crippen LogP contribution in [0.1, 0.15) is 18.1 Å². The van der Waals surface area contributed by atoms with E-state index in [2.05, 4.69) is 5.32 Å². The molecule has 1 amide bonds. The lowest BCUT2D eigenvalue weighted by Crippen LogP contribution is -2.30. The van der Waals surface area contributed by atoms with Crippen LogP contribution < -0.4 is 19.5 Å². The largest absolute Gasteiger partial charge is 0.490 e. The van der Waals surface area contributed by atoms with Crippen molar-refractivity contribution < 1.29 is 19.0 Å². The molecule has 0 fully saturated rings. The molecule has 0 aliphatic heterocycles. The quantitative estimate of drug-likeness (QED) is 0.499. The number of hydrogen-bond donors (Lipinski definition) is 1. The van der Waals surface area contributed by atoms with Gasteiger partial charge in [0, 0.05) is 0 Å². The third-order valence-electron chi connectivity index (χ3n) is 4.51. The van der Waals surface area contributed by atoms with E-state index < -0.39 is 6.10 Å². The minimum atomic E-state index is -0.653. The molecule has 0 aromatic heterocycles. The number of nitrogens with one attached hydrogen (secondary N) is 1. The molecule has 5 nitrogen and oxygen atoms in total. The highest BCUT2D eigenvalue weighted by atomic mass is 16.5. The van der Waals surface area contributed by atoms with Crippen molar-refractivity contribution in [2.45, 2.75) is 26.9 Å². The summed E-state index contributed by atoms with van der Waals surface area (Å²) in [7, 11) is 0. The molecule has 156 valence electrons. The zero-order valence-electron chi connectivity index (χ0n) is 17.6. The average Bonchev–Trinajstić information content (AvgIpc) is 2.75. The minimum Gasteiger partial charge on any atom is -0.490 e. The Morgan fingerprint density at radius 1 is 0.867 bits per heavy atom. The fraction of sp³-hybridized carbons (Fsp3) is 0.240.